The topological polar surface area (TPSA) is 51.2 Å². The molecule has 4 rings (SSSR count). The second kappa shape index (κ2) is 8.33. The van der Waals surface area contributed by atoms with Crippen LogP contribution >= 0.6 is 22.9 Å². The first kappa shape index (κ1) is 19.0. The minimum absolute atomic E-state index is 0.0265. The fraction of sp³-hybridized carbons (Fsp3) is 0.273. The van der Waals surface area contributed by atoms with Gasteiger partial charge in [0, 0.05) is 22.5 Å². The minimum Gasteiger partial charge on any atom is -0.484 e. The van der Waals surface area contributed by atoms with E-state index in [-0.39, 0.29) is 12.5 Å². The van der Waals surface area contributed by atoms with Crippen LogP contribution in [-0.4, -0.2) is 17.5 Å². The van der Waals surface area contributed by atoms with Gasteiger partial charge in [-0.25, -0.2) is 4.98 Å². The number of hydrogen-bond donors (Lipinski definition) is 1. The van der Waals surface area contributed by atoms with Gasteiger partial charge in [-0.05, 0) is 66.6 Å². The summed E-state index contributed by atoms with van der Waals surface area (Å²) >= 11 is 7.65. The van der Waals surface area contributed by atoms with Crippen LogP contribution in [0.4, 0.5) is 5.13 Å². The summed E-state index contributed by atoms with van der Waals surface area (Å²) in [7, 11) is 0. The number of nitrogens with zero attached hydrogens (tertiary/aromatic N) is 1. The lowest BCUT2D eigenvalue weighted by atomic mass is 10.1. The number of amides is 1. The molecule has 4 nitrogen and oxygen atoms in total. The molecule has 6 heteroatoms. The summed E-state index contributed by atoms with van der Waals surface area (Å²) in [5, 5.41) is 4.15. The zero-order valence-electron chi connectivity index (χ0n) is 15.6. The summed E-state index contributed by atoms with van der Waals surface area (Å²) in [5.74, 6) is 0.534. The van der Waals surface area contributed by atoms with E-state index in [9.17, 15) is 4.79 Å². The molecular formula is C22H21ClN2O2S. The molecule has 1 aliphatic carbocycles. The number of carbonyl (C=O) groups is 1. The molecule has 144 valence electrons. The zero-order chi connectivity index (χ0) is 19.5. The Labute approximate surface area is 173 Å². The maximum atomic E-state index is 12.2. The Bertz CT molecular complexity index is 1020. The van der Waals surface area contributed by atoms with E-state index < -0.39 is 0 Å². The molecular weight excluding hydrogens is 392 g/mol. The molecule has 28 heavy (non-hydrogen) atoms. The van der Waals surface area contributed by atoms with Crippen LogP contribution in [0.25, 0.3) is 0 Å². The summed E-state index contributed by atoms with van der Waals surface area (Å²) in [4.78, 5) is 17.5. The van der Waals surface area contributed by atoms with Crippen LogP contribution in [0.2, 0.25) is 5.02 Å². The largest absolute Gasteiger partial charge is 0.484 e. The molecule has 0 radical (unpaired) electrons. The SMILES string of the molecule is Cc1ccc(Cc2cnc(NC(=O)COc3ccc4c(c3)CCC4)s2)cc1Cl. The van der Waals surface area contributed by atoms with Crippen molar-refractivity contribution in [2.45, 2.75) is 32.6 Å². The summed E-state index contributed by atoms with van der Waals surface area (Å²) in [5.41, 5.74) is 4.91. The van der Waals surface area contributed by atoms with Crippen molar-refractivity contribution in [1.29, 1.82) is 0 Å². The molecule has 1 aliphatic rings. The van der Waals surface area contributed by atoms with Crippen LogP contribution in [-0.2, 0) is 24.1 Å². The first-order chi connectivity index (χ1) is 13.6. The maximum Gasteiger partial charge on any atom is 0.264 e. The standard InChI is InChI=1S/C22H21ClN2O2S/c1-14-5-6-15(10-20(14)23)9-19-12-24-22(28-19)25-21(26)13-27-18-8-7-16-3-2-4-17(16)11-18/h5-8,10-12H,2-4,9,13H2,1H3,(H,24,25,26). The molecule has 3 aromatic rings. The van der Waals surface area contributed by atoms with E-state index in [2.05, 4.69) is 22.4 Å². The fourth-order valence-corrected chi connectivity index (χ4v) is 4.40. The maximum absolute atomic E-state index is 12.2. The van der Waals surface area contributed by atoms with Gasteiger partial charge in [-0.1, -0.05) is 29.8 Å². The van der Waals surface area contributed by atoms with Gasteiger partial charge in [-0.2, -0.15) is 0 Å². The highest BCUT2D eigenvalue weighted by molar-refractivity contribution is 7.15. The van der Waals surface area contributed by atoms with E-state index in [0.717, 1.165) is 46.0 Å². The smallest absolute Gasteiger partial charge is 0.264 e. The zero-order valence-corrected chi connectivity index (χ0v) is 17.2. The van der Waals surface area contributed by atoms with Gasteiger partial charge >= 0.3 is 0 Å². The predicted molar refractivity (Wildman–Crippen MR) is 114 cm³/mol. The van der Waals surface area contributed by atoms with Crippen LogP contribution in [0, 0.1) is 6.92 Å². The number of aromatic nitrogens is 1. The van der Waals surface area contributed by atoms with Gasteiger partial charge in [0.1, 0.15) is 5.75 Å². The van der Waals surface area contributed by atoms with Gasteiger partial charge in [0.2, 0.25) is 0 Å². The Hall–Kier alpha value is -2.37. The number of aryl methyl sites for hydroxylation is 3. The highest BCUT2D eigenvalue weighted by Crippen LogP contribution is 2.26. The molecule has 1 amide bonds. The van der Waals surface area contributed by atoms with Gasteiger partial charge in [-0.3, -0.25) is 10.1 Å². The normalized spacial score (nSPS) is 12.6. The van der Waals surface area contributed by atoms with E-state index in [1.54, 1.807) is 6.20 Å². The van der Waals surface area contributed by atoms with Crippen molar-refractivity contribution in [3.63, 3.8) is 0 Å². The molecule has 1 N–H and O–H groups in total. The van der Waals surface area contributed by atoms with Crippen molar-refractivity contribution in [3.8, 4) is 5.75 Å². The number of anilines is 1. The highest BCUT2D eigenvalue weighted by atomic mass is 35.5. The van der Waals surface area contributed by atoms with Gasteiger partial charge in [-0.15, -0.1) is 11.3 Å². The Morgan fingerprint density at radius 1 is 1.21 bits per heavy atom. The number of benzene rings is 2. The molecule has 0 unspecified atom stereocenters. The lowest BCUT2D eigenvalue weighted by Crippen LogP contribution is -2.20. The van der Waals surface area contributed by atoms with Crippen molar-refractivity contribution in [1.82, 2.24) is 4.98 Å². The molecule has 0 saturated heterocycles. The Morgan fingerprint density at radius 2 is 2.07 bits per heavy atom. The van der Waals surface area contributed by atoms with Crippen molar-refractivity contribution >= 4 is 34.0 Å². The van der Waals surface area contributed by atoms with Crippen LogP contribution in [0.5, 0.6) is 5.75 Å². The number of ether oxygens (including phenoxy) is 1. The Balaban J connectivity index is 1.30. The van der Waals surface area contributed by atoms with Crippen molar-refractivity contribution < 1.29 is 9.53 Å². The number of rotatable bonds is 6. The number of hydrogen-bond acceptors (Lipinski definition) is 4. The first-order valence-corrected chi connectivity index (χ1v) is 10.5. The van der Waals surface area contributed by atoms with Gasteiger partial charge < -0.3 is 4.74 Å². The lowest BCUT2D eigenvalue weighted by molar-refractivity contribution is -0.118. The summed E-state index contributed by atoms with van der Waals surface area (Å²) in [6, 6.07) is 12.1. The van der Waals surface area contributed by atoms with Crippen LogP contribution in [0.1, 0.15) is 33.6 Å². The number of carbonyl (C=O) groups excluding carboxylic acids is 1. The fourth-order valence-electron chi connectivity index (χ4n) is 3.34. The number of nitrogens with one attached hydrogen (secondary N) is 1. The summed E-state index contributed by atoms with van der Waals surface area (Å²) in [6.45, 7) is 1.96. The number of thiazole rings is 1. The van der Waals surface area contributed by atoms with Gasteiger partial charge in [0.25, 0.3) is 5.91 Å². The molecule has 2 aromatic carbocycles. The van der Waals surface area contributed by atoms with E-state index in [0.29, 0.717) is 5.13 Å². The Morgan fingerprint density at radius 3 is 2.93 bits per heavy atom. The van der Waals surface area contributed by atoms with Gasteiger partial charge in [0.05, 0.1) is 0 Å². The molecule has 0 aliphatic heterocycles. The third kappa shape index (κ3) is 4.54. The molecule has 0 spiro atoms. The molecule has 0 bridgehead atoms. The second-order valence-corrected chi connectivity index (χ2v) is 8.54. The molecule has 0 fully saturated rings. The minimum atomic E-state index is -0.209. The van der Waals surface area contributed by atoms with Crippen molar-refractivity contribution in [2.24, 2.45) is 0 Å². The first-order valence-electron chi connectivity index (χ1n) is 9.31. The van der Waals surface area contributed by atoms with E-state index >= 15 is 0 Å². The second-order valence-electron chi connectivity index (χ2n) is 7.01. The predicted octanol–water partition coefficient (Wildman–Crippen LogP) is 5.20. The lowest BCUT2D eigenvalue weighted by Gasteiger charge is -2.07. The summed E-state index contributed by atoms with van der Waals surface area (Å²) in [6.07, 6.45) is 5.94. The Kier molecular flexibility index (Phi) is 5.64. The third-order valence-electron chi connectivity index (χ3n) is 4.85. The van der Waals surface area contributed by atoms with Crippen molar-refractivity contribution in [3.05, 3.63) is 74.7 Å². The van der Waals surface area contributed by atoms with E-state index in [1.807, 2.05) is 31.2 Å². The molecule has 1 heterocycles. The average Bonchev–Trinajstić information content (AvgIpc) is 3.32. The van der Waals surface area contributed by atoms with Crippen molar-refractivity contribution in [2.75, 3.05) is 11.9 Å². The van der Waals surface area contributed by atoms with Crippen LogP contribution < -0.4 is 10.1 Å². The highest BCUT2D eigenvalue weighted by Gasteiger charge is 2.13. The van der Waals surface area contributed by atoms with E-state index in [4.69, 9.17) is 16.3 Å². The quantitative estimate of drug-likeness (QED) is 0.605. The number of fused-ring (bicyclic) bond motifs is 1. The van der Waals surface area contributed by atoms with Crippen LogP contribution in [0.3, 0.4) is 0 Å². The molecule has 0 atom stereocenters. The number of halogens is 1. The average molecular weight is 413 g/mol. The molecule has 0 saturated carbocycles. The van der Waals surface area contributed by atoms with Crippen LogP contribution in [0.15, 0.2) is 42.6 Å². The monoisotopic (exact) mass is 412 g/mol. The van der Waals surface area contributed by atoms with E-state index in [1.165, 1.54) is 28.9 Å². The van der Waals surface area contributed by atoms with Gasteiger partial charge in [0.15, 0.2) is 11.7 Å². The third-order valence-corrected chi connectivity index (χ3v) is 6.17. The summed E-state index contributed by atoms with van der Waals surface area (Å²) < 4.78 is 5.64. The molecule has 1 aromatic heterocycles.